The molecule has 0 aliphatic carbocycles. The van der Waals surface area contributed by atoms with Crippen LogP contribution in [0.1, 0.15) is 44.3 Å². The zero-order valence-electron chi connectivity index (χ0n) is 20.6. The van der Waals surface area contributed by atoms with Gasteiger partial charge in [-0.1, -0.05) is 28.1 Å². The summed E-state index contributed by atoms with van der Waals surface area (Å²) in [6, 6.07) is 16.7. The maximum Gasteiger partial charge on any atom is 0.379 e. The monoisotopic (exact) mass is 558 g/mol. The lowest BCUT2D eigenvalue weighted by molar-refractivity contribution is 0.0702. The molecule has 0 saturated heterocycles. The van der Waals surface area contributed by atoms with Gasteiger partial charge in [-0.2, -0.15) is 5.26 Å². The lowest BCUT2D eigenvalue weighted by atomic mass is 9.83. The highest BCUT2D eigenvalue weighted by molar-refractivity contribution is 9.10. The molecule has 37 heavy (non-hydrogen) atoms. The number of esters is 1. The fourth-order valence-electron chi connectivity index (χ4n) is 4.89. The van der Waals surface area contributed by atoms with E-state index in [1.165, 1.54) is 0 Å². The number of methoxy groups -OCH3 is 1. The molecule has 1 aliphatic rings. The van der Waals surface area contributed by atoms with Crippen molar-refractivity contribution in [2.24, 2.45) is 5.73 Å². The van der Waals surface area contributed by atoms with Crippen LogP contribution in [0.4, 0.5) is 0 Å². The topological polar surface area (TPSA) is 108 Å². The maximum atomic E-state index is 13.1. The average Bonchev–Trinajstić information content (AvgIpc) is 3.19. The van der Waals surface area contributed by atoms with Crippen LogP contribution >= 0.6 is 15.9 Å². The molecule has 0 spiro atoms. The van der Waals surface area contributed by atoms with E-state index in [-0.39, 0.29) is 23.0 Å². The summed E-state index contributed by atoms with van der Waals surface area (Å²) in [7, 11) is 1.57. The molecule has 1 unspecified atom stereocenters. The van der Waals surface area contributed by atoms with Crippen LogP contribution in [-0.2, 0) is 0 Å². The Labute approximate surface area is 222 Å². The third-order valence-electron chi connectivity index (χ3n) is 6.46. The lowest BCUT2D eigenvalue weighted by Gasteiger charge is -2.27. The molecular weight excluding hydrogens is 536 g/mol. The highest BCUT2D eigenvalue weighted by Gasteiger charge is 2.33. The Kier molecular flexibility index (Phi) is 6.18. The summed E-state index contributed by atoms with van der Waals surface area (Å²) in [5.74, 6) is 0.201. The molecule has 1 aromatic heterocycles. The minimum Gasteiger partial charge on any atom is -0.496 e. The van der Waals surface area contributed by atoms with Crippen molar-refractivity contribution in [2.75, 3.05) is 7.11 Å². The zero-order valence-corrected chi connectivity index (χ0v) is 22.2. The first kappa shape index (κ1) is 24.5. The minimum absolute atomic E-state index is 0.0236. The van der Waals surface area contributed by atoms with Gasteiger partial charge in [0.1, 0.15) is 34.5 Å². The van der Waals surface area contributed by atoms with Gasteiger partial charge in [0.2, 0.25) is 11.6 Å². The molecule has 3 aromatic carbocycles. The van der Waals surface area contributed by atoms with E-state index in [1.54, 1.807) is 25.3 Å². The van der Waals surface area contributed by atoms with Crippen LogP contribution < -0.4 is 19.9 Å². The first-order chi connectivity index (χ1) is 17.7. The number of carbonyl (C=O) groups excluding carboxylic acids is 1. The van der Waals surface area contributed by atoms with E-state index in [9.17, 15) is 10.1 Å². The Morgan fingerprint density at radius 3 is 2.59 bits per heavy atom. The normalized spacial score (nSPS) is 14.6. The lowest BCUT2D eigenvalue weighted by Crippen LogP contribution is -2.21. The number of carbonyl (C=O) groups is 1. The molecule has 0 radical (unpaired) electrons. The van der Waals surface area contributed by atoms with Crippen molar-refractivity contribution in [3.63, 3.8) is 0 Å². The van der Waals surface area contributed by atoms with Gasteiger partial charge >= 0.3 is 5.97 Å². The predicted octanol–water partition coefficient (Wildman–Crippen LogP) is 6.57. The van der Waals surface area contributed by atoms with E-state index >= 15 is 0 Å². The van der Waals surface area contributed by atoms with Crippen LogP contribution in [0.3, 0.4) is 0 Å². The van der Waals surface area contributed by atoms with Crippen LogP contribution in [0.15, 0.2) is 68.9 Å². The largest absolute Gasteiger partial charge is 0.496 e. The van der Waals surface area contributed by atoms with Gasteiger partial charge < -0.3 is 24.4 Å². The van der Waals surface area contributed by atoms with Gasteiger partial charge in [-0.05, 0) is 62.2 Å². The molecule has 2 N–H and O–H groups in total. The van der Waals surface area contributed by atoms with Gasteiger partial charge in [-0.3, -0.25) is 0 Å². The van der Waals surface area contributed by atoms with Crippen molar-refractivity contribution >= 4 is 32.9 Å². The molecule has 186 valence electrons. The van der Waals surface area contributed by atoms with Crippen LogP contribution in [-0.4, -0.2) is 13.1 Å². The third-order valence-corrected chi connectivity index (χ3v) is 6.95. The molecule has 0 saturated carbocycles. The fourth-order valence-corrected chi connectivity index (χ4v) is 5.27. The van der Waals surface area contributed by atoms with E-state index < -0.39 is 11.9 Å². The highest BCUT2D eigenvalue weighted by Crippen LogP contribution is 2.46. The van der Waals surface area contributed by atoms with Crippen molar-refractivity contribution in [1.82, 2.24) is 0 Å². The number of ether oxygens (including phenoxy) is 3. The van der Waals surface area contributed by atoms with Crippen LogP contribution in [0.25, 0.3) is 11.0 Å². The molecule has 4 aromatic rings. The number of furan rings is 1. The van der Waals surface area contributed by atoms with Crippen molar-refractivity contribution in [3.8, 4) is 23.3 Å². The summed E-state index contributed by atoms with van der Waals surface area (Å²) in [6.07, 6.45) is 0. The fraction of sp³-hybridized carbons (Fsp3) is 0.172. The number of allylic oxidation sites excluding steroid dienone is 1. The standard InChI is InChI=1S/C29H23BrN2O5/c1-14-9-15(2)25-16(3)27(36-24(25)10-14)29(33)35-18-6-7-19-23(12-18)37-28(32)21(13-31)26(19)20-11-17(30)5-8-22(20)34-4/h5-12,26H,32H2,1-4H3. The number of nitrogens with zero attached hydrogens (tertiary/aromatic N) is 1. The molecule has 0 bridgehead atoms. The SMILES string of the molecule is COc1ccc(Br)cc1C1C(C#N)=C(N)Oc2cc(OC(=O)c3oc4cc(C)cc(C)c4c3C)ccc21. The van der Waals surface area contributed by atoms with Gasteiger partial charge in [0.15, 0.2) is 0 Å². The van der Waals surface area contributed by atoms with Crippen molar-refractivity contribution in [2.45, 2.75) is 26.7 Å². The van der Waals surface area contributed by atoms with Crippen LogP contribution in [0, 0.1) is 32.1 Å². The number of nitriles is 1. The number of rotatable bonds is 4. The number of hydrogen-bond donors (Lipinski definition) is 1. The van der Waals surface area contributed by atoms with Gasteiger partial charge in [0.05, 0.1) is 13.0 Å². The van der Waals surface area contributed by atoms with E-state index in [1.807, 2.05) is 51.1 Å². The summed E-state index contributed by atoms with van der Waals surface area (Å²) in [6.45, 7) is 5.80. The third kappa shape index (κ3) is 4.21. The van der Waals surface area contributed by atoms with Crippen molar-refractivity contribution < 1.29 is 23.4 Å². The molecule has 7 nitrogen and oxygen atoms in total. The maximum absolute atomic E-state index is 13.1. The van der Waals surface area contributed by atoms with Gasteiger partial charge in [0.25, 0.3) is 0 Å². The van der Waals surface area contributed by atoms with E-state index in [4.69, 9.17) is 24.4 Å². The van der Waals surface area contributed by atoms with E-state index in [2.05, 4.69) is 22.0 Å². The first-order valence-electron chi connectivity index (χ1n) is 11.5. The highest BCUT2D eigenvalue weighted by atomic mass is 79.9. The molecule has 1 aliphatic heterocycles. The minimum atomic E-state index is -0.618. The molecule has 0 fully saturated rings. The molecule has 2 heterocycles. The molecule has 1 atom stereocenters. The van der Waals surface area contributed by atoms with Crippen LogP contribution in [0.2, 0.25) is 0 Å². The molecule has 0 amide bonds. The van der Waals surface area contributed by atoms with E-state index in [0.717, 1.165) is 32.1 Å². The van der Waals surface area contributed by atoms with Crippen molar-refractivity contribution in [1.29, 1.82) is 5.26 Å². The molecule has 5 rings (SSSR count). The summed E-state index contributed by atoms with van der Waals surface area (Å²) in [5, 5.41) is 10.8. The van der Waals surface area contributed by atoms with E-state index in [0.29, 0.717) is 22.6 Å². The summed E-state index contributed by atoms with van der Waals surface area (Å²) in [4.78, 5) is 13.1. The predicted molar refractivity (Wildman–Crippen MR) is 142 cm³/mol. The number of fused-ring (bicyclic) bond motifs is 2. The summed E-state index contributed by atoms with van der Waals surface area (Å²) >= 11 is 3.49. The second-order valence-corrected chi connectivity index (χ2v) is 9.83. The molecule has 8 heteroatoms. The number of halogens is 1. The number of hydrogen-bond acceptors (Lipinski definition) is 7. The first-order valence-corrected chi connectivity index (χ1v) is 12.3. The quantitative estimate of drug-likeness (QED) is 0.223. The Morgan fingerprint density at radius 2 is 1.86 bits per heavy atom. The van der Waals surface area contributed by atoms with Gasteiger partial charge in [-0.15, -0.1) is 0 Å². The number of aryl methyl sites for hydroxylation is 3. The van der Waals surface area contributed by atoms with Gasteiger partial charge in [-0.25, -0.2) is 4.79 Å². The average molecular weight is 559 g/mol. The summed E-state index contributed by atoms with van der Waals surface area (Å²) in [5.41, 5.74) is 11.3. The number of benzene rings is 3. The Balaban J connectivity index is 1.53. The molecular formula is C29H23BrN2O5. The smallest absolute Gasteiger partial charge is 0.379 e. The Bertz CT molecular complexity index is 1660. The Hall–Kier alpha value is -4.22. The summed E-state index contributed by atoms with van der Waals surface area (Å²) < 4.78 is 23.7. The Morgan fingerprint density at radius 1 is 1.08 bits per heavy atom. The zero-order chi connectivity index (χ0) is 26.4. The van der Waals surface area contributed by atoms with Crippen molar-refractivity contribution in [3.05, 3.63) is 98.0 Å². The van der Waals surface area contributed by atoms with Gasteiger partial charge in [0, 0.05) is 32.6 Å². The van der Waals surface area contributed by atoms with Crippen LogP contribution in [0.5, 0.6) is 17.2 Å². The second kappa shape index (κ2) is 9.34. The second-order valence-electron chi connectivity index (χ2n) is 8.91. The number of nitrogens with two attached hydrogens (primary N) is 1.